The topological polar surface area (TPSA) is 26.0 Å². The standard InChI is InChI=1S/C18H17NO/c1-3-17-13(2)20-18(19-17)16-11-7-10-15(12-16)14-8-5-4-6-9-14/h4-12H,3H2,1-2H3. The number of oxazole rings is 1. The minimum atomic E-state index is 0.706. The number of aryl methyl sites for hydroxylation is 2. The summed E-state index contributed by atoms with van der Waals surface area (Å²) >= 11 is 0. The second kappa shape index (κ2) is 5.33. The molecule has 0 atom stereocenters. The summed E-state index contributed by atoms with van der Waals surface area (Å²) in [4.78, 5) is 4.57. The van der Waals surface area contributed by atoms with Crippen LogP contribution in [0.1, 0.15) is 18.4 Å². The number of benzene rings is 2. The van der Waals surface area contributed by atoms with Gasteiger partial charge in [0.15, 0.2) is 0 Å². The Balaban J connectivity index is 2.03. The van der Waals surface area contributed by atoms with Gasteiger partial charge in [0, 0.05) is 5.56 Å². The Morgan fingerprint density at radius 3 is 2.30 bits per heavy atom. The third kappa shape index (κ3) is 2.37. The van der Waals surface area contributed by atoms with Gasteiger partial charge in [0.25, 0.3) is 0 Å². The molecule has 0 N–H and O–H groups in total. The molecule has 0 fully saturated rings. The maximum Gasteiger partial charge on any atom is 0.226 e. The Labute approximate surface area is 119 Å². The van der Waals surface area contributed by atoms with Crippen LogP contribution < -0.4 is 0 Å². The zero-order valence-electron chi connectivity index (χ0n) is 11.8. The number of hydrogen-bond acceptors (Lipinski definition) is 2. The summed E-state index contributed by atoms with van der Waals surface area (Å²) in [6.45, 7) is 4.06. The van der Waals surface area contributed by atoms with Crippen molar-refractivity contribution in [3.05, 3.63) is 66.1 Å². The lowest BCUT2D eigenvalue weighted by molar-refractivity contribution is 0.540. The first-order chi connectivity index (χ1) is 9.78. The summed E-state index contributed by atoms with van der Waals surface area (Å²) in [6, 6.07) is 18.7. The second-order valence-electron chi connectivity index (χ2n) is 4.82. The normalized spacial score (nSPS) is 10.7. The molecule has 0 aliphatic heterocycles. The average molecular weight is 263 g/mol. The molecule has 20 heavy (non-hydrogen) atoms. The van der Waals surface area contributed by atoms with E-state index in [-0.39, 0.29) is 0 Å². The second-order valence-corrected chi connectivity index (χ2v) is 4.82. The van der Waals surface area contributed by atoms with Crippen LogP contribution in [0.3, 0.4) is 0 Å². The average Bonchev–Trinajstić information content (AvgIpc) is 2.89. The Morgan fingerprint density at radius 1 is 0.900 bits per heavy atom. The van der Waals surface area contributed by atoms with Gasteiger partial charge >= 0.3 is 0 Å². The molecule has 0 aliphatic rings. The highest BCUT2D eigenvalue weighted by Crippen LogP contribution is 2.27. The Kier molecular flexibility index (Phi) is 3.38. The minimum absolute atomic E-state index is 0.706. The fourth-order valence-corrected chi connectivity index (χ4v) is 2.34. The van der Waals surface area contributed by atoms with Crippen molar-refractivity contribution in [2.45, 2.75) is 20.3 Å². The van der Waals surface area contributed by atoms with E-state index in [0.29, 0.717) is 5.89 Å². The molecule has 0 radical (unpaired) electrons. The Bertz CT molecular complexity index is 713. The van der Waals surface area contributed by atoms with Crippen LogP contribution in [0.2, 0.25) is 0 Å². The summed E-state index contributed by atoms with van der Waals surface area (Å²) in [5.74, 6) is 1.62. The lowest BCUT2D eigenvalue weighted by Gasteiger charge is -2.03. The summed E-state index contributed by atoms with van der Waals surface area (Å²) in [5, 5.41) is 0. The van der Waals surface area contributed by atoms with Crippen molar-refractivity contribution in [1.29, 1.82) is 0 Å². The van der Waals surface area contributed by atoms with Gasteiger partial charge in [0.2, 0.25) is 5.89 Å². The highest BCUT2D eigenvalue weighted by atomic mass is 16.4. The quantitative estimate of drug-likeness (QED) is 0.673. The van der Waals surface area contributed by atoms with E-state index in [0.717, 1.165) is 23.4 Å². The van der Waals surface area contributed by atoms with E-state index < -0.39 is 0 Å². The first-order valence-electron chi connectivity index (χ1n) is 6.90. The third-order valence-corrected chi connectivity index (χ3v) is 3.44. The van der Waals surface area contributed by atoms with Crippen molar-refractivity contribution in [2.75, 3.05) is 0 Å². The molecule has 1 aromatic heterocycles. The maximum absolute atomic E-state index is 5.77. The molecular formula is C18H17NO. The number of nitrogens with zero attached hydrogens (tertiary/aromatic N) is 1. The molecule has 2 heteroatoms. The molecule has 3 aromatic rings. The molecule has 0 unspecified atom stereocenters. The lowest BCUT2D eigenvalue weighted by atomic mass is 10.0. The van der Waals surface area contributed by atoms with Crippen LogP contribution in [-0.4, -0.2) is 4.98 Å². The van der Waals surface area contributed by atoms with Gasteiger partial charge in [-0.2, -0.15) is 0 Å². The summed E-state index contributed by atoms with van der Waals surface area (Å²) in [6.07, 6.45) is 0.897. The van der Waals surface area contributed by atoms with E-state index in [1.165, 1.54) is 11.1 Å². The van der Waals surface area contributed by atoms with Crippen LogP contribution in [0.15, 0.2) is 59.0 Å². The lowest BCUT2D eigenvalue weighted by Crippen LogP contribution is -1.83. The predicted octanol–water partition coefficient (Wildman–Crippen LogP) is 4.88. The Hall–Kier alpha value is -2.35. The van der Waals surface area contributed by atoms with Gasteiger partial charge in [-0.3, -0.25) is 0 Å². The van der Waals surface area contributed by atoms with Crippen molar-refractivity contribution < 1.29 is 4.42 Å². The summed E-state index contributed by atoms with van der Waals surface area (Å²) < 4.78 is 5.77. The number of aromatic nitrogens is 1. The van der Waals surface area contributed by atoms with Crippen LogP contribution in [-0.2, 0) is 6.42 Å². The predicted molar refractivity (Wildman–Crippen MR) is 81.5 cm³/mol. The van der Waals surface area contributed by atoms with E-state index >= 15 is 0 Å². The van der Waals surface area contributed by atoms with Crippen LogP contribution >= 0.6 is 0 Å². The molecule has 0 bridgehead atoms. The van der Waals surface area contributed by atoms with Gasteiger partial charge in [0.05, 0.1) is 5.69 Å². The van der Waals surface area contributed by atoms with Gasteiger partial charge in [-0.25, -0.2) is 4.98 Å². The van der Waals surface area contributed by atoms with Crippen LogP contribution in [0.25, 0.3) is 22.6 Å². The molecule has 100 valence electrons. The molecule has 0 aliphatic carbocycles. The first kappa shape index (κ1) is 12.7. The highest BCUT2D eigenvalue weighted by molar-refractivity contribution is 5.69. The molecule has 1 heterocycles. The van der Waals surface area contributed by atoms with Crippen molar-refractivity contribution >= 4 is 0 Å². The summed E-state index contributed by atoms with van der Waals surface area (Å²) in [7, 11) is 0. The third-order valence-electron chi connectivity index (χ3n) is 3.44. The van der Waals surface area contributed by atoms with E-state index in [1.807, 2.05) is 37.3 Å². The molecule has 0 amide bonds. The van der Waals surface area contributed by atoms with E-state index in [9.17, 15) is 0 Å². The van der Waals surface area contributed by atoms with E-state index in [2.05, 4.69) is 36.2 Å². The van der Waals surface area contributed by atoms with Crippen LogP contribution in [0.5, 0.6) is 0 Å². The molecular weight excluding hydrogens is 246 g/mol. The van der Waals surface area contributed by atoms with Gasteiger partial charge in [0.1, 0.15) is 5.76 Å². The van der Waals surface area contributed by atoms with Gasteiger partial charge < -0.3 is 4.42 Å². The van der Waals surface area contributed by atoms with E-state index in [4.69, 9.17) is 4.42 Å². The number of rotatable bonds is 3. The largest absolute Gasteiger partial charge is 0.441 e. The zero-order valence-corrected chi connectivity index (χ0v) is 11.8. The SMILES string of the molecule is CCc1nc(-c2cccc(-c3ccccc3)c2)oc1C. The van der Waals surface area contributed by atoms with Gasteiger partial charge in [-0.1, -0.05) is 49.4 Å². The van der Waals surface area contributed by atoms with Crippen molar-refractivity contribution in [3.63, 3.8) is 0 Å². The smallest absolute Gasteiger partial charge is 0.226 e. The van der Waals surface area contributed by atoms with Gasteiger partial charge in [-0.05, 0) is 36.6 Å². The van der Waals surface area contributed by atoms with Crippen molar-refractivity contribution in [1.82, 2.24) is 4.98 Å². The molecule has 3 rings (SSSR count). The van der Waals surface area contributed by atoms with Crippen molar-refractivity contribution in [3.8, 4) is 22.6 Å². The molecule has 0 saturated heterocycles. The van der Waals surface area contributed by atoms with E-state index in [1.54, 1.807) is 0 Å². The fourth-order valence-electron chi connectivity index (χ4n) is 2.34. The zero-order chi connectivity index (χ0) is 13.9. The highest BCUT2D eigenvalue weighted by Gasteiger charge is 2.10. The first-order valence-corrected chi connectivity index (χ1v) is 6.90. The van der Waals surface area contributed by atoms with Crippen LogP contribution in [0, 0.1) is 6.92 Å². The fraction of sp³-hybridized carbons (Fsp3) is 0.167. The molecule has 2 aromatic carbocycles. The molecule has 2 nitrogen and oxygen atoms in total. The Morgan fingerprint density at radius 2 is 1.60 bits per heavy atom. The van der Waals surface area contributed by atoms with Gasteiger partial charge in [-0.15, -0.1) is 0 Å². The monoisotopic (exact) mass is 263 g/mol. The summed E-state index contributed by atoms with van der Waals surface area (Å²) in [5.41, 5.74) is 4.43. The number of hydrogen-bond donors (Lipinski definition) is 0. The minimum Gasteiger partial charge on any atom is -0.441 e. The molecule has 0 spiro atoms. The maximum atomic E-state index is 5.77. The van der Waals surface area contributed by atoms with Crippen LogP contribution in [0.4, 0.5) is 0 Å². The molecule has 0 saturated carbocycles. The van der Waals surface area contributed by atoms with Crippen molar-refractivity contribution in [2.24, 2.45) is 0 Å².